The zero-order chi connectivity index (χ0) is 13.1. The van der Waals surface area contributed by atoms with Gasteiger partial charge in [-0.2, -0.15) is 11.3 Å². The van der Waals surface area contributed by atoms with Gasteiger partial charge in [-0.1, -0.05) is 0 Å². The Morgan fingerprint density at radius 3 is 2.89 bits per heavy atom. The minimum atomic E-state index is -0.412. The highest BCUT2D eigenvalue weighted by atomic mass is 32.1. The van der Waals surface area contributed by atoms with Crippen LogP contribution in [0.4, 0.5) is 0 Å². The van der Waals surface area contributed by atoms with Gasteiger partial charge in [-0.15, -0.1) is 0 Å². The van der Waals surface area contributed by atoms with E-state index in [9.17, 15) is 9.59 Å². The minimum absolute atomic E-state index is 0.0172. The Labute approximate surface area is 111 Å². The van der Waals surface area contributed by atoms with Crippen molar-refractivity contribution in [3.05, 3.63) is 22.4 Å². The van der Waals surface area contributed by atoms with E-state index in [0.717, 1.165) is 6.42 Å². The maximum absolute atomic E-state index is 12.2. The van der Waals surface area contributed by atoms with Crippen molar-refractivity contribution in [3.63, 3.8) is 0 Å². The van der Waals surface area contributed by atoms with Crippen molar-refractivity contribution in [2.75, 3.05) is 6.54 Å². The number of hydrogen-bond donors (Lipinski definition) is 1. The fraction of sp³-hybridized carbons (Fsp3) is 0.538. The highest BCUT2D eigenvalue weighted by molar-refractivity contribution is 7.07. The molecule has 1 fully saturated rings. The molecule has 2 unspecified atom stereocenters. The molecule has 1 aromatic heterocycles. The van der Waals surface area contributed by atoms with Crippen LogP contribution in [0.15, 0.2) is 16.8 Å². The van der Waals surface area contributed by atoms with Crippen molar-refractivity contribution in [3.8, 4) is 0 Å². The first kappa shape index (κ1) is 13.1. The van der Waals surface area contributed by atoms with Gasteiger partial charge in [0.15, 0.2) is 0 Å². The molecule has 2 atom stereocenters. The molecule has 0 saturated carbocycles. The number of nitrogens with zero attached hydrogens (tertiary/aromatic N) is 1. The van der Waals surface area contributed by atoms with E-state index in [-0.39, 0.29) is 17.9 Å². The van der Waals surface area contributed by atoms with Gasteiger partial charge in [-0.05, 0) is 42.7 Å². The molecule has 1 aliphatic heterocycles. The lowest BCUT2D eigenvalue weighted by Gasteiger charge is -2.27. The van der Waals surface area contributed by atoms with Gasteiger partial charge in [0.05, 0.1) is 0 Å². The first-order valence-electron chi connectivity index (χ1n) is 6.19. The van der Waals surface area contributed by atoms with Crippen LogP contribution in [-0.2, 0) is 16.0 Å². The molecular formula is C13H18N2O2S. The fourth-order valence-corrected chi connectivity index (χ4v) is 2.92. The number of nitrogens with one attached hydrogen (secondary N) is 1. The second kappa shape index (κ2) is 5.52. The highest BCUT2D eigenvalue weighted by Gasteiger charge is 2.30. The van der Waals surface area contributed by atoms with Crippen LogP contribution in [0.2, 0.25) is 0 Å². The normalized spacial score (nSPS) is 24.9. The van der Waals surface area contributed by atoms with Crippen molar-refractivity contribution in [1.29, 1.82) is 0 Å². The summed E-state index contributed by atoms with van der Waals surface area (Å²) in [4.78, 5) is 25.5. The molecule has 4 nitrogen and oxygen atoms in total. The maximum atomic E-state index is 12.2. The minimum Gasteiger partial charge on any atom is -0.345 e. The molecule has 1 N–H and O–H groups in total. The molecule has 18 heavy (non-hydrogen) atoms. The van der Waals surface area contributed by atoms with E-state index < -0.39 is 6.04 Å². The summed E-state index contributed by atoms with van der Waals surface area (Å²) in [6, 6.07) is 1.63. The first-order chi connectivity index (χ1) is 8.58. The van der Waals surface area contributed by atoms with Gasteiger partial charge in [0, 0.05) is 19.0 Å². The average Bonchev–Trinajstić information content (AvgIpc) is 2.78. The van der Waals surface area contributed by atoms with Gasteiger partial charge in [-0.25, -0.2) is 0 Å². The maximum Gasteiger partial charge on any atom is 0.245 e. The van der Waals surface area contributed by atoms with E-state index in [4.69, 9.17) is 0 Å². The summed E-state index contributed by atoms with van der Waals surface area (Å²) < 4.78 is 0. The molecule has 5 heteroatoms. The van der Waals surface area contributed by atoms with Crippen molar-refractivity contribution < 1.29 is 9.59 Å². The molecule has 1 aliphatic rings. The Hall–Kier alpha value is -1.36. The molecule has 0 aliphatic carbocycles. The summed E-state index contributed by atoms with van der Waals surface area (Å²) in [5, 5.41) is 6.85. The van der Waals surface area contributed by atoms with Crippen molar-refractivity contribution in [1.82, 2.24) is 10.2 Å². The third-order valence-corrected chi connectivity index (χ3v) is 4.00. The summed E-state index contributed by atoms with van der Waals surface area (Å²) in [5.41, 5.74) is 1.25. The fourth-order valence-electron chi connectivity index (χ4n) is 2.22. The standard InChI is InChI=1S/C13H18N2O2S/c1-9-7-12(16)14-10(2)13(17)15(9)5-3-11-4-6-18-8-11/h4,6,8-10H,3,5,7H2,1-2H3,(H,14,16). The second-order valence-electron chi connectivity index (χ2n) is 4.76. The van der Waals surface area contributed by atoms with E-state index in [1.54, 1.807) is 18.3 Å². The number of thiophene rings is 1. The van der Waals surface area contributed by atoms with Gasteiger partial charge in [0.2, 0.25) is 11.8 Å². The van der Waals surface area contributed by atoms with Crippen LogP contribution in [0.1, 0.15) is 25.8 Å². The lowest BCUT2D eigenvalue weighted by atomic mass is 10.1. The number of carbonyl (C=O) groups is 2. The van der Waals surface area contributed by atoms with Crippen molar-refractivity contribution >= 4 is 23.2 Å². The molecule has 0 radical (unpaired) electrons. The van der Waals surface area contributed by atoms with E-state index in [1.165, 1.54) is 5.56 Å². The Morgan fingerprint density at radius 2 is 2.22 bits per heavy atom. The molecule has 0 bridgehead atoms. The highest BCUT2D eigenvalue weighted by Crippen LogP contribution is 2.14. The van der Waals surface area contributed by atoms with Crippen molar-refractivity contribution in [2.45, 2.75) is 38.8 Å². The third-order valence-electron chi connectivity index (χ3n) is 3.27. The van der Waals surface area contributed by atoms with E-state index in [2.05, 4.69) is 16.8 Å². The molecule has 2 amide bonds. The van der Waals surface area contributed by atoms with Crippen LogP contribution in [0.3, 0.4) is 0 Å². The van der Waals surface area contributed by atoms with E-state index >= 15 is 0 Å². The van der Waals surface area contributed by atoms with Gasteiger partial charge < -0.3 is 10.2 Å². The Balaban J connectivity index is 2.03. The van der Waals surface area contributed by atoms with Gasteiger partial charge >= 0.3 is 0 Å². The number of amides is 2. The number of rotatable bonds is 3. The predicted octanol–water partition coefficient (Wildman–Crippen LogP) is 1.42. The zero-order valence-electron chi connectivity index (χ0n) is 10.7. The Bertz CT molecular complexity index is 430. The predicted molar refractivity (Wildman–Crippen MR) is 71.4 cm³/mol. The Kier molecular flexibility index (Phi) is 4.01. The van der Waals surface area contributed by atoms with E-state index in [0.29, 0.717) is 13.0 Å². The topological polar surface area (TPSA) is 49.4 Å². The van der Waals surface area contributed by atoms with Gasteiger partial charge in [0.25, 0.3) is 0 Å². The van der Waals surface area contributed by atoms with Crippen LogP contribution in [-0.4, -0.2) is 35.3 Å². The number of carbonyl (C=O) groups excluding carboxylic acids is 2. The van der Waals surface area contributed by atoms with Crippen LogP contribution < -0.4 is 5.32 Å². The van der Waals surface area contributed by atoms with Gasteiger partial charge in [-0.3, -0.25) is 9.59 Å². The van der Waals surface area contributed by atoms with Crippen LogP contribution >= 0.6 is 11.3 Å². The summed E-state index contributed by atoms with van der Waals surface area (Å²) in [6.07, 6.45) is 1.24. The molecule has 0 aromatic carbocycles. The summed E-state index contributed by atoms with van der Waals surface area (Å²) >= 11 is 1.66. The molecule has 0 spiro atoms. The quantitative estimate of drug-likeness (QED) is 0.899. The SMILES string of the molecule is CC1NC(=O)CC(C)N(CCc2ccsc2)C1=O. The van der Waals surface area contributed by atoms with Gasteiger partial charge in [0.1, 0.15) is 6.04 Å². The summed E-state index contributed by atoms with van der Waals surface area (Å²) in [7, 11) is 0. The largest absolute Gasteiger partial charge is 0.345 e. The Morgan fingerprint density at radius 1 is 1.44 bits per heavy atom. The lowest BCUT2D eigenvalue weighted by molar-refractivity contribution is -0.134. The summed E-state index contributed by atoms with van der Waals surface area (Å²) in [6.45, 7) is 4.36. The first-order valence-corrected chi connectivity index (χ1v) is 7.13. The molecule has 98 valence electrons. The number of hydrogen-bond acceptors (Lipinski definition) is 3. The molecule has 2 heterocycles. The van der Waals surface area contributed by atoms with Crippen molar-refractivity contribution in [2.24, 2.45) is 0 Å². The zero-order valence-corrected chi connectivity index (χ0v) is 11.5. The van der Waals surface area contributed by atoms with Crippen LogP contribution in [0.5, 0.6) is 0 Å². The second-order valence-corrected chi connectivity index (χ2v) is 5.54. The van der Waals surface area contributed by atoms with Crippen LogP contribution in [0, 0.1) is 0 Å². The molecular weight excluding hydrogens is 248 g/mol. The smallest absolute Gasteiger partial charge is 0.245 e. The third kappa shape index (κ3) is 2.90. The average molecular weight is 266 g/mol. The summed E-state index contributed by atoms with van der Waals surface area (Å²) in [5.74, 6) is -0.0232. The lowest BCUT2D eigenvalue weighted by Crippen LogP contribution is -2.45. The molecule has 2 rings (SSSR count). The van der Waals surface area contributed by atoms with E-state index in [1.807, 2.05) is 17.2 Å². The monoisotopic (exact) mass is 266 g/mol. The molecule has 1 saturated heterocycles. The molecule has 1 aromatic rings. The van der Waals surface area contributed by atoms with Crippen LogP contribution in [0.25, 0.3) is 0 Å².